The number of likely N-dealkylation sites (N-methyl/N-ethyl adjacent to an activating group) is 1. The van der Waals surface area contributed by atoms with Crippen LogP contribution < -0.4 is 0 Å². The lowest BCUT2D eigenvalue weighted by Gasteiger charge is -2.25. The van der Waals surface area contributed by atoms with Crippen molar-refractivity contribution in [3.63, 3.8) is 0 Å². The van der Waals surface area contributed by atoms with E-state index in [1.165, 1.54) is 205 Å². The second-order valence-corrected chi connectivity index (χ2v) is 30.4. The first-order valence-electron chi connectivity index (χ1n) is 44.3. The number of unbranched alkanes of at least 4 members (excludes halogenated alkanes) is 38. The summed E-state index contributed by atoms with van der Waals surface area (Å²) >= 11 is 0. The van der Waals surface area contributed by atoms with Gasteiger partial charge in [0.25, 0.3) is 6.29 Å². The van der Waals surface area contributed by atoms with Gasteiger partial charge in [-0.3, -0.25) is 9.59 Å². The number of aliphatic carboxylic acids is 1. The molecule has 9 nitrogen and oxygen atoms in total. The summed E-state index contributed by atoms with van der Waals surface area (Å²) in [6.45, 7) is 4.67. The van der Waals surface area contributed by atoms with Crippen molar-refractivity contribution in [1.29, 1.82) is 0 Å². The van der Waals surface area contributed by atoms with E-state index >= 15 is 0 Å². The average Bonchev–Trinajstić information content (AvgIpc) is 0.965. The molecule has 0 spiro atoms. The van der Waals surface area contributed by atoms with Gasteiger partial charge in [0.15, 0.2) is 6.10 Å². The Balaban J connectivity index is 4.00. The number of carboxylic acid groups (broad SMARTS) is 1. The van der Waals surface area contributed by atoms with Crippen LogP contribution in [0.5, 0.6) is 0 Å². The van der Waals surface area contributed by atoms with Crippen molar-refractivity contribution in [3.05, 3.63) is 170 Å². The zero-order valence-corrected chi connectivity index (χ0v) is 70.0. The van der Waals surface area contributed by atoms with Gasteiger partial charge in [-0.1, -0.05) is 402 Å². The molecule has 9 heteroatoms. The highest BCUT2D eigenvalue weighted by Crippen LogP contribution is 2.19. The second kappa shape index (κ2) is 86.2. The summed E-state index contributed by atoms with van der Waals surface area (Å²) in [5, 5.41) is 9.79. The van der Waals surface area contributed by atoms with Gasteiger partial charge in [-0.15, -0.1) is 0 Å². The summed E-state index contributed by atoms with van der Waals surface area (Å²) in [5.41, 5.74) is 0. The lowest BCUT2D eigenvalue weighted by molar-refractivity contribution is -0.870. The minimum atomic E-state index is -1.52. The maximum Gasteiger partial charge on any atom is 0.361 e. The molecule has 0 heterocycles. The third-order valence-corrected chi connectivity index (χ3v) is 19.0. The van der Waals surface area contributed by atoms with Gasteiger partial charge in [0, 0.05) is 12.8 Å². The number of hydrogen-bond acceptors (Lipinski definition) is 7. The van der Waals surface area contributed by atoms with Gasteiger partial charge in [0.1, 0.15) is 13.2 Å². The molecule has 2 unspecified atom stereocenters. The van der Waals surface area contributed by atoms with Crippen LogP contribution in [0.25, 0.3) is 0 Å². The fourth-order valence-corrected chi connectivity index (χ4v) is 12.3. The van der Waals surface area contributed by atoms with Gasteiger partial charge in [-0.05, 0) is 128 Å². The molecule has 0 aromatic carbocycles. The molecule has 0 aromatic heterocycles. The molecule has 0 saturated heterocycles. The normalized spacial score (nSPS) is 13.5. The summed E-state index contributed by atoms with van der Waals surface area (Å²) in [4.78, 5) is 37.8. The summed E-state index contributed by atoms with van der Waals surface area (Å²) in [7, 11) is 5.99. The van der Waals surface area contributed by atoms with Gasteiger partial charge in [-0.2, -0.15) is 0 Å². The van der Waals surface area contributed by atoms with Crippen LogP contribution in [0.1, 0.15) is 373 Å². The minimum Gasteiger partial charge on any atom is -0.477 e. The van der Waals surface area contributed by atoms with Gasteiger partial charge in [0.2, 0.25) is 0 Å². The van der Waals surface area contributed by atoms with Crippen molar-refractivity contribution >= 4 is 17.9 Å². The Hall–Kier alpha value is -5.35. The van der Waals surface area contributed by atoms with Crippen LogP contribution in [-0.2, 0) is 33.3 Å². The molecular weight excluding hydrogens is 1320 g/mol. The lowest BCUT2D eigenvalue weighted by Crippen LogP contribution is -2.40. The topological polar surface area (TPSA) is 108 Å². The molecule has 610 valence electrons. The van der Waals surface area contributed by atoms with Crippen molar-refractivity contribution < 1.29 is 42.9 Å². The number of esters is 2. The smallest absolute Gasteiger partial charge is 0.361 e. The van der Waals surface area contributed by atoms with E-state index in [4.69, 9.17) is 18.9 Å². The number of rotatable bonds is 81. The molecule has 0 rings (SSSR count). The van der Waals surface area contributed by atoms with Gasteiger partial charge >= 0.3 is 17.9 Å². The van der Waals surface area contributed by atoms with Crippen molar-refractivity contribution in [1.82, 2.24) is 0 Å². The minimum absolute atomic E-state index is 0.182. The highest BCUT2D eigenvalue weighted by Gasteiger charge is 2.25. The Morgan fingerprint density at radius 3 is 0.748 bits per heavy atom. The number of ether oxygens (including phenoxy) is 4. The number of allylic oxidation sites excluding steroid dienone is 28. The highest BCUT2D eigenvalue weighted by atomic mass is 16.7. The van der Waals surface area contributed by atoms with Crippen molar-refractivity contribution in [3.8, 4) is 0 Å². The zero-order chi connectivity index (χ0) is 77.4. The van der Waals surface area contributed by atoms with Crippen molar-refractivity contribution in [2.45, 2.75) is 386 Å². The van der Waals surface area contributed by atoms with Crippen LogP contribution in [0.4, 0.5) is 0 Å². The Morgan fingerprint density at radius 1 is 0.280 bits per heavy atom. The average molecular weight is 1490 g/mol. The number of nitrogens with zero attached hydrogens (tertiary/aromatic N) is 1. The molecule has 0 bridgehead atoms. The number of quaternary nitrogens is 1. The van der Waals surface area contributed by atoms with Gasteiger partial charge in [0.05, 0.1) is 34.4 Å². The highest BCUT2D eigenvalue weighted by molar-refractivity contribution is 5.71. The fourth-order valence-electron chi connectivity index (χ4n) is 12.3. The Kier molecular flexibility index (Phi) is 81.9. The molecular formula is C98H166NO8+. The van der Waals surface area contributed by atoms with Gasteiger partial charge in [-0.25, -0.2) is 4.79 Å². The molecule has 0 amide bonds. The molecule has 0 aliphatic carbocycles. The molecule has 2 atom stereocenters. The Morgan fingerprint density at radius 2 is 0.505 bits per heavy atom. The first kappa shape index (κ1) is 102. The number of carboxylic acids is 1. The molecule has 107 heavy (non-hydrogen) atoms. The standard InChI is InChI=1S/C98H165NO8/c1-6-8-10-12-14-16-18-20-22-24-26-28-30-32-34-36-38-40-42-44-46-48-50-52-54-56-58-60-62-64-66-68-70-72-74-76-78-80-82-84-86-88-95(100)105-92-94(93-106-98(97(102)103)104-91-90-99(3,4)5)107-96(101)89-87-85-83-81-79-77-75-73-71-69-67-65-63-61-59-57-55-53-51-49-47-45-43-41-39-37-35-33-31-29-27-25-23-21-19-17-15-13-11-9-7-2/h8-11,14-17,20-23,26-29,33,35,39,41,45,47,51,53,57,59,63,65,94,98H,6-7,12-13,18-19,24-25,30-32,34,36-38,40,42-44,46,48-50,52,54-56,58,60-62,64,66-93H2,1-5H3/p+1/b10-8-,11-9-,16-14-,17-15-,22-20-,23-21-,28-26-,29-27-,35-33-,41-39-,47-45-,53-51-,59-57-,65-63-. The van der Waals surface area contributed by atoms with E-state index in [-0.39, 0.29) is 32.2 Å². The van der Waals surface area contributed by atoms with E-state index < -0.39 is 24.3 Å². The number of carbonyl (C=O) groups is 3. The Labute approximate surface area is 660 Å². The maximum atomic E-state index is 13.0. The summed E-state index contributed by atoms with van der Waals surface area (Å²) in [5.74, 6) is -2.00. The quantitative estimate of drug-likeness (QED) is 0.0211. The largest absolute Gasteiger partial charge is 0.477 e. The predicted molar refractivity (Wildman–Crippen MR) is 465 cm³/mol. The van der Waals surface area contributed by atoms with Crippen LogP contribution in [0.2, 0.25) is 0 Å². The van der Waals surface area contributed by atoms with Crippen molar-refractivity contribution in [2.75, 3.05) is 47.5 Å². The second-order valence-electron chi connectivity index (χ2n) is 30.4. The van der Waals surface area contributed by atoms with Crippen LogP contribution in [0, 0.1) is 0 Å². The van der Waals surface area contributed by atoms with E-state index in [9.17, 15) is 19.5 Å². The number of hydrogen-bond donors (Lipinski definition) is 1. The monoisotopic (exact) mass is 1490 g/mol. The number of carbonyl (C=O) groups excluding carboxylic acids is 2. The fraction of sp³-hybridized carbons (Fsp3) is 0.684. The van der Waals surface area contributed by atoms with Crippen LogP contribution in [0.15, 0.2) is 170 Å². The SMILES string of the molecule is CC/C=C\C/C=C\C/C=C\C/C=C\C/C=C\C/C=C\C/C=C\C/C=C\C/C=C\C/C=C\CCCCCCCCCCCCC(=O)OC(COC(=O)CCCCCCCCCCCCCCCCCCCCCCCCCCCCCC/C=C\C/C=C\C/C=C\C/C=C\CC)COC(OCC[N+](C)(C)C)C(=O)O. The molecule has 0 aliphatic heterocycles. The lowest BCUT2D eigenvalue weighted by atomic mass is 10.0. The third-order valence-electron chi connectivity index (χ3n) is 19.0. The third kappa shape index (κ3) is 87.8. The summed E-state index contributed by atoms with van der Waals surface area (Å²) < 4.78 is 23.1. The van der Waals surface area contributed by atoms with E-state index in [1.807, 2.05) is 21.1 Å². The van der Waals surface area contributed by atoms with E-state index in [1.54, 1.807) is 0 Å². The first-order chi connectivity index (χ1) is 52.6. The molecule has 0 fully saturated rings. The molecule has 0 aromatic rings. The molecule has 0 aliphatic rings. The predicted octanol–water partition coefficient (Wildman–Crippen LogP) is 29.3. The van der Waals surface area contributed by atoms with E-state index in [0.717, 1.165) is 135 Å². The molecule has 0 saturated carbocycles. The van der Waals surface area contributed by atoms with Gasteiger partial charge < -0.3 is 28.5 Å². The van der Waals surface area contributed by atoms with E-state index in [0.29, 0.717) is 23.9 Å². The van der Waals surface area contributed by atoms with Crippen LogP contribution in [-0.4, -0.2) is 87.4 Å². The van der Waals surface area contributed by atoms with Crippen LogP contribution >= 0.6 is 0 Å². The zero-order valence-electron chi connectivity index (χ0n) is 70.0. The summed E-state index contributed by atoms with van der Waals surface area (Å²) in [6.07, 6.45) is 127. The first-order valence-corrected chi connectivity index (χ1v) is 44.3. The summed E-state index contributed by atoms with van der Waals surface area (Å²) in [6, 6.07) is 0. The molecule has 1 N–H and O–H groups in total. The maximum absolute atomic E-state index is 13.0. The van der Waals surface area contributed by atoms with Crippen molar-refractivity contribution in [2.24, 2.45) is 0 Å². The van der Waals surface area contributed by atoms with Crippen LogP contribution in [0.3, 0.4) is 0 Å². The Bertz CT molecular complexity index is 2380. The van der Waals surface area contributed by atoms with E-state index in [2.05, 4.69) is 184 Å². The molecule has 0 radical (unpaired) electrons.